The molecule has 0 amide bonds. The number of fused-ring (bicyclic) bond motifs is 1. The molecular weight excluding hydrogens is 286 g/mol. The van der Waals surface area contributed by atoms with Crippen LogP contribution < -0.4 is 11.3 Å². The minimum absolute atomic E-state index is 0.133. The number of thiocarbonyl (C=S) groups is 1. The Kier molecular flexibility index (Phi) is 3.26. The van der Waals surface area contributed by atoms with E-state index in [4.69, 9.17) is 18.0 Å². The molecule has 3 rings (SSSR count). The van der Waals surface area contributed by atoms with Crippen molar-refractivity contribution < 1.29 is 0 Å². The molecule has 0 bridgehead atoms. The van der Waals surface area contributed by atoms with Crippen molar-refractivity contribution in [1.82, 2.24) is 19.3 Å². The summed E-state index contributed by atoms with van der Waals surface area (Å²) in [5.41, 5.74) is 7.81. The zero-order valence-electron chi connectivity index (χ0n) is 11.4. The maximum Gasteiger partial charge on any atom is 0.264 e. The first-order valence-corrected chi connectivity index (χ1v) is 6.73. The zero-order valence-corrected chi connectivity index (χ0v) is 12.2. The zero-order chi connectivity index (χ0) is 15.0. The Morgan fingerprint density at radius 3 is 2.90 bits per heavy atom. The van der Waals surface area contributed by atoms with Crippen molar-refractivity contribution in [2.75, 3.05) is 0 Å². The van der Waals surface area contributed by atoms with Crippen LogP contribution in [0.1, 0.15) is 11.1 Å². The van der Waals surface area contributed by atoms with Crippen LogP contribution in [0.15, 0.2) is 41.6 Å². The quantitative estimate of drug-likeness (QED) is 0.724. The van der Waals surface area contributed by atoms with E-state index in [0.717, 1.165) is 11.1 Å². The molecule has 0 saturated heterocycles. The van der Waals surface area contributed by atoms with Gasteiger partial charge in [0.15, 0.2) is 5.65 Å². The summed E-state index contributed by atoms with van der Waals surface area (Å²) in [7, 11) is 1.75. The number of benzene rings is 1. The average Bonchev–Trinajstić information content (AvgIpc) is 2.84. The molecule has 0 aliphatic rings. The first-order chi connectivity index (χ1) is 10.1. The molecule has 0 aliphatic heterocycles. The monoisotopic (exact) mass is 299 g/mol. The van der Waals surface area contributed by atoms with Gasteiger partial charge < -0.3 is 5.73 Å². The predicted molar refractivity (Wildman–Crippen MR) is 84.2 cm³/mol. The van der Waals surface area contributed by atoms with Crippen LogP contribution in [-0.2, 0) is 13.6 Å². The highest BCUT2D eigenvalue weighted by molar-refractivity contribution is 7.80. The number of nitrogens with zero attached hydrogens (tertiary/aromatic N) is 4. The predicted octanol–water partition coefficient (Wildman–Crippen LogP) is 0.812. The molecule has 0 spiro atoms. The number of aromatic nitrogens is 4. The van der Waals surface area contributed by atoms with Crippen molar-refractivity contribution in [3.63, 3.8) is 0 Å². The molecule has 1 aromatic carbocycles. The molecule has 7 heteroatoms. The SMILES string of the molecule is Cn1ncc2c(=O)n(Cc3ccccc3C(N)=S)cnc21. The van der Waals surface area contributed by atoms with E-state index in [0.29, 0.717) is 22.6 Å². The van der Waals surface area contributed by atoms with Crippen LogP contribution in [0.2, 0.25) is 0 Å². The Bertz CT molecular complexity index is 896. The summed E-state index contributed by atoms with van der Waals surface area (Å²) < 4.78 is 3.10. The molecule has 21 heavy (non-hydrogen) atoms. The Morgan fingerprint density at radius 2 is 2.14 bits per heavy atom. The third-order valence-corrected chi connectivity index (χ3v) is 3.56. The van der Waals surface area contributed by atoms with E-state index in [2.05, 4.69) is 10.1 Å². The lowest BCUT2D eigenvalue weighted by Crippen LogP contribution is -2.23. The van der Waals surface area contributed by atoms with Gasteiger partial charge in [0.05, 0.1) is 12.7 Å². The molecular formula is C14H13N5OS. The number of rotatable bonds is 3. The molecule has 2 aromatic heterocycles. The van der Waals surface area contributed by atoms with Gasteiger partial charge in [-0.2, -0.15) is 5.10 Å². The number of hydrogen-bond donors (Lipinski definition) is 1. The molecule has 106 valence electrons. The fourth-order valence-electron chi connectivity index (χ4n) is 2.26. The highest BCUT2D eigenvalue weighted by Crippen LogP contribution is 2.11. The standard InChI is InChI=1S/C14H13N5OS/c1-18-13-11(6-17-18)14(20)19(8-16-13)7-9-4-2-3-5-10(9)12(15)21/h2-6,8H,7H2,1H3,(H2,15,21). The van der Waals surface area contributed by atoms with Gasteiger partial charge in [-0.3, -0.25) is 14.0 Å². The average molecular weight is 299 g/mol. The summed E-state index contributed by atoms with van der Waals surface area (Å²) in [6, 6.07) is 7.49. The second-order valence-electron chi connectivity index (χ2n) is 4.70. The van der Waals surface area contributed by atoms with E-state index in [1.165, 1.54) is 17.1 Å². The second-order valence-corrected chi connectivity index (χ2v) is 5.14. The van der Waals surface area contributed by atoms with Crippen LogP contribution in [0, 0.1) is 0 Å². The van der Waals surface area contributed by atoms with Gasteiger partial charge in [0.25, 0.3) is 5.56 Å². The van der Waals surface area contributed by atoms with Crippen LogP contribution in [0.5, 0.6) is 0 Å². The summed E-state index contributed by atoms with van der Waals surface area (Å²) in [4.78, 5) is 17.0. The second kappa shape index (κ2) is 5.10. The molecule has 0 aliphatic carbocycles. The first kappa shape index (κ1) is 13.4. The molecule has 0 saturated carbocycles. The van der Waals surface area contributed by atoms with Crippen molar-refractivity contribution >= 4 is 28.2 Å². The maximum absolute atomic E-state index is 12.4. The summed E-state index contributed by atoms with van der Waals surface area (Å²) >= 11 is 5.04. The third-order valence-electron chi connectivity index (χ3n) is 3.34. The normalized spacial score (nSPS) is 10.9. The van der Waals surface area contributed by atoms with E-state index in [-0.39, 0.29) is 5.56 Å². The Labute approximate surface area is 125 Å². The molecule has 2 heterocycles. The van der Waals surface area contributed by atoms with Crippen molar-refractivity contribution in [3.05, 3.63) is 58.3 Å². The van der Waals surface area contributed by atoms with Gasteiger partial charge in [-0.05, 0) is 5.56 Å². The molecule has 0 unspecified atom stereocenters. The van der Waals surface area contributed by atoms with Crippen LogP contribution >= 0.6 is 12.2 Å². The minimum Gasteiger partial charge on any atom is -0.389 e. The third kappa shape index (κ3) is 2.31. The molecule has 0 fully saturated rings. The molecule has 0 radical (unpaired) electrons. The van der Waals surface area contributed by atoms with Crippen LogP contribution in [-0.4, -0.2) is 24.3 Å². The lowest BCUT2D eigenvalue weighted by atomic mass is 10.1. The van der Waals surface area contributed by atoms with Crippen LogP contribution in [0.4, 0.5) is 0 Å². The van der Waals surface area contributed by atoms with E-state index in [9.17, 15) is 4.79 Å². The van der Waals surface area contributed by atoms with Gasteiger partial charge in [-0.1, -0.05) is 36.5 Å². The Morgan fingerprint density at radius 1 is 1.38 bits per heavy atom. The molecule has 0 atom stereocenters. The van der Waals surface area contributed by atoms with Gasteiger partial charge in [0.1, 0.15) is 16.7 Å². The van der Waals surface area contributed by atoms with Crippen molar-refractivity contribution in [2.45, 2.75) is 6.54 Å². The summed E-state index contributed by atoms with van der Waals surface area (Å²) in [5.74, 6) is 0. The largest absolute Gasteiger partial charge is 0.389 e. The smallest absolute Gasteiger partial charge is 0.264 e. The lowest BCUT2D eigenvalue weighted by Gasteiger charge is -2.10. The molecule has 2 N–H and O–H groups in total. The number of aryl methyl sites for hydroxylation is 1. The fraction of sp³-hybridized carbons (Fsp3) is 0.143. The van der Waals surface area contributed by atoms with Gasteiger partial charge in [-0.15, -0.1) is 0 Å². The number of nitrogens with two attached hydrogens (primary N) is 1. The van der Waals surface area contributed by atoms with Crippen molar-refractivity contribution in [2.24, 2.45) is 12.8 Å². The topological polar surface area (TPSA) is 78.7 Å². The van der Waals surface area contributed by atoms with E-state index in [1.807, 2.05) is 24.3 Å². The van der Waals surface area contributed by atoms with Gasteiger partial charge in [-0.25, -0.2) is 4.98 Å². The first-order valence-electron chi connectivity index (χ1n) is 6.33. The van der Waals surface area contributed by atoms with Crippen LogP contribution in [0.25, 0.3) is 11.0 Å². The van der Waals surface area contributed by atoms with Crippen molar-refractivity contribution in [1.29, 1.82) is 0 Å². The lowest BCUT2D eigenvalue weighted by molar-refractivity contribution is 0.737. The van der Waals surface area contributed by atoms with E-state index in [1.54, 1.807) is 11.7 Å². The molecule has 6 nitrogen and oxygen atoms in total. The Hall–Kier alpha value is -2.54. The highest BCUT2D eigenvalue weighted by Gasteiger charge is 2.10. The van der Waals surface area contributed by atoms with Gasteiger partial charge in [0, 0.05) is 12.6 Å². The van der Waals surface area contributed by atoms with Crippen molar-refractivity contribution in [3.8, 4) is 0 Å². The highest BCUT2D eigenvalue weighted by atomic mass is 32.1. The summed E-state index contributed by atoms with van der Waals surface area (Å²) in [5, 5.41) is 4.54. The van der Waals surface area contributed by atoms with E-state index < -0.39 is 0 Å². The van der Waals surface area contributed by atoms with Gasteiger partial charge in [0.2, 0.25) is 0 Å². The summed E-state index contributed by atoms with van der Waals surface area (Å²) in [6.45, 7) is 0.365. The molecule has 3 aromatic rings. The fourth-order valence-corrected chi connectivity index (χ4v) is 2.46. The Balaban J connectivity index is 2.09. The number of hydrogen-bond acceptors (Lipinski definition) is 4. The minimum atomic E-state index is -0.133. The summed E-state index contributed by atoms with van der Waals surface area (Å²) in [6.07, 6.45) is 3.04. The van der Waals surface area contributed by atoms with Gasteiger partial charge >= 0.3 is 0 Å². The van der Waals surface area contributed by atoms with E-state index >= 15 is 0 Å². The maximum atomic E-state index is 12.4. The van der Waals surface area contributed by atoms with Crippen LogP contribution in [0.3, 0.4) is 0 Å².